The smallest absolute Gasteiger partial charge is 0.261 e. The van der Waals surface area contributed by atoms with Crippen molar-refractivity contribution in [3.8, 4) is 0 Å². The number of rotatable bonds is 5. The van der Waals surface area contributed by atoms with E-state index in [1.165, 1.54) is 17.7 Å². The molecule has 0 aliphatic carbocycles. The Balaban J connectivity index is 1.70. The Kier molecular flexibility index (Phi) is 4.02. The maximum absolute atomic E-state index is 11.5. The average molecular weight is 265 g/mol. The molecule has 2 rings (SSSR count). The molecule has 8 heteroatoms. The highest BCUT2D eigenvalue weighted by Gasteiger charge is 2.08. The van der Waals surface area contributed by atoms with Gasteiger partial charge in [-0.25, -0.2) is 4.98 Å². The Labute approximate surface area is 107 Å². The number of amides is 2. The molecule has 2 aromatic rings. The second-order valence-corrected chi connectivity index (χ2v) is 4.32. The number of H-pyrrole nitrogens is 1. The van der Waals surface area contributed by atoms with Gasteiger partial charge in [0.2, 0.25) is 5.91 Å². The molecule has 0 saturated carbocycles. The number of aromatic amines is 1. The fourth-order valence-electron chi connectivity index (χ4n) is 1.22. The van der Waals surface area contributed by atoms with E-state index in [9.17, 15) is 9.59 Å². The highest BCUT2D eigenvalue weighted by Crippen LogP contribution is 2.07. The SMILES string of the molecule is O=C(CNC(=O)c1cccs1)NCc1ncn[nH]1. The van der Waals surface area contributed by atoms with Crippen LogP contribution in [0.4, 0.5) is 0 Å². The Morgan fingerprint density at radius 1 is 1.39 bits per heavy atom. The molecule has 0 spiro atoms. The molecule has 94 valence electrons. The van der Waals surface area contributed by atoms with Crippen molar-refractivity contribution in [2.45, 2.75) is 6.54 Å². The topological polar surface area (TPSA) is 99.8 Å². The van der Waals surface area contributed by atoms with Gasteiger partial charge in [-0.1, -0.05) is 6.07 Å². The summed E-state index contributed by atoms with van der Waals surface area (Å²) in [5.41, 5.74) is 0. The molecule has 2 heterocycles. The average Bonchev–Trinajstić information content (AvgIpc) is 3.05. The number of carbonyl (C=O) groups is 2. The zero-order chi connectivity index (χ0) is 12.8. The Bertz CT molecular complexity index is 508. The third-order valence-corrected chi connectivity index (χ3v) is 2.94. The summed E-state index contributed by atoms with van der Waals surface area (Å²) in [6.07, 6.45) is 1.36. The number of thiophene rings is 1. The molecule has 0 atom stereocenters. The quantitative estimate of drug-likeness (QED) is 0.703. The van der Waals surface area contributed by atoms with Gasteiger partial charge in [0, 0.05) is 0 Å². The maximum Gasteiger partial charge on any atom is 0.261 e. The molecule has 0 aliphatic heterocycles. The first kappa shape index (κ1) is 12.2. The van der Waals surface area contributed by atoms with Crippen molar-refractivity contribution in [3.05, 3.63) is 34.5 Å². The third kappa shape index (κ3) is 3.39. The zero-order valence-corrected chi connectivity index (χ0v) is 10.2. The largest absolute Gasteiger partial charge is 0.347 e. The second kappa shape index (κ2) is 5.92. The van der Waals surface area contributed by atoms with Crippen molar-refractivity contribution in [2.24, 2.45) is 0 Å². The molecule has 0 radical (unpaired) electrons. The van der Waals surface area contributed by atoms with Crippen LogP contribution in [0.5, 0.6) is 0 Å². The summed E-state index contributed by atoms with van der Waals surface area (Å²) in [5, 5.41) is 13.2. The summed E-state index contributed by atoms with van der Waals surface area (Å²) < 4.78 is 0. The van der Waals surface area contributed by atoms with Gasteiger partial charge in [-0.3, -0.25) is 14.7 Å². The van der Waals surface area contributed by atoms with Gasteiger partial charge in [-0.2, -0.15) is 5.10 Å². The highest BCUT2D eigenvalue weighted by atomic mass is 32.1. The van der Waals surface area contributed by atoms with Crippen molar-refractivity contribution in [3.63, 3.8) is 0 Å². The molecule has 18 heavy (non-hydrogen) atoms. The van der Waals surface area contributed by atoms with Crippen molar-refractivity contribution < 1.29 is 9.59 Å². The molecule has 0 fully saturated rings. The summed E-state index contributed by atoms with van der Waals surface area (Å²) in [6.45, 7) is 0.193. The van der Waals surface area contributed by atoms with Crippen molar-refractivity contribution in [1.29, 1.82) is 0 Å². The summed E-state index contributed by atoms with van der Waals surface area (Å²) >= 11 is 1.33. The van der Waals surface area contributed by atoms with E-state index >= 15 is 0 Å². The van der Waals surface area contributed by atoms with Gasteiger partial charge < -0.3 is 10.6 Å². The van der Waals surface area contributed by atoms with E-state index in [0.29, 0.717) is 10.7 Å². The van der Waals surface area contributed by atoms with E-state index in [4.69, 9.17) is 0 Å². The fraction of sp³-hybridized carbons (Fsp3) is 0.200. The van der Waals surface area contributed by atoms with Crippen LogP contribution in [0.25, 0.3) is 0 Å². The highest BCUT2D eigenvalue weighted by molar-refractivity contribution is 7.12. The number of aromatic nitrogens is 3. The van der Waals surface area contributed by atoms with Crippen LogP contribution in [0, 0.1) is 0 Å². The Morgan fingerprint density at radius 3 is 2.94 bits per heavy atom. The number of nitrogens with one attached hydrogen (secondary N) is 3. The molecule has 2 amide bonds. The lowest BCUT2D eigenvalue weighted by atomic mass is 10.4. The first-order valence-corrected chi connectivity index (χ1v) is 6.06. The van der Waals surface area contributed by atoms with E-state index in [0.717, 1.165) is 0 Å². The van der Waals surface area contributed by atoms with Crippen LogP contribution >= 0.6 is 11.3 Å². The van der Waals surface area contributed by atoms with Crippen LogP contribution in [-0.2, 0) is 11.3 Å². The number of hydrogen-bond donors (Lipinski definition) is 3. The Hall–Kier alpha value is -2.22. The minimum Gasteiger partial charge on any atom is -0.347 e. The summed E-state index contributed by atoms with van der Waals surface area (Å²) in [7, 11) is 0. The van der Waals surface area contributed by atoms with Crippen LogP contribution in [-0.4, -0.2) is 33.5 Å². The van der Waals surface area contributed by atoms with Gasteiger partial charge in [0.05, 0.1) is 18.0 Å². The molecular formula is C10H11N5O2S. The lowest BCUT2D eigenvalue weighted by Gasteiger charge is -2.04. The molecule has 0 aromatic carbocycles. The standard InChI is InChI=1S/C10H11N5O2S/c16-9(11-4-8-13-6-14-15-8)5-12-10(17)7-2-1-3-18-7/h1-3,6H,4-5H2,(H,11,16)(H,12,17)(H,13,14,15). The van der Waals surface area contributed by atoms with E-state index in [2.05, 4.69) is 25.8 Å². The van der Waals surface area contributed by atoms with Crippen LogP contribution in [0.3, 0.4) is 0 Å². The van der Waals surface area contributed by atoms with Gasteiger partial charge in [0.15, 0.2) is 0 Å². The lowest BCUT2D eigenvalue weighted by Crippen LogP contribution is -2.36. The maximum atomic E-state index is 11.5. The van der Waals surface area contributed by atoms with Crippen LogP contribution in [0.2, 0.25) is 0 Å². The van der Waals surface area contributed by atoms with Gasteiger partial charge in [0.25, 0.3) is 5.91 Å². The number of carbonyl (C=O) groups excluding carboxylic acids is 2. The zero-order valence-electron chi connectivity index (χ0n) is 9.34. The Morgan fingerprint density at radius 2 is 2.28 bits per heavy atom. The van der Waals surface area contributed by atoms with E-state index in [1.54, 1.807) is 17.5 Å². The van der Waals surface area contributed by atoms with Crippen LogP contribution < -0.4 is 10.6 Å². The summed E-state index contributed by atoms with van der Waals surface area (Å²) in [6, 6.07) is 3.48. The minimum absolute atomic E-state index is 0.0646. The lowest BCUT2D eigenvalue weighted by molar-refractivity contribution is -0.120. The molecule has 0 saturated heterocycles. The monoisotopic (exact) mass is 265 g/mol. The number of hydrogen-bond acceptors (Lipinski definition) is 5. The normalized spacial score (nSPS) is 10.0. The summed E-state index contributed by atoms with van der Waals surface area (Å²) in [5.74, 6) is 0.0315. The van der Waals surface area contributed by atoms with E-state index in [-0.39, 0.29) is 24.9 Å². The van der Waals surface area contributed by atoms with Gasteiger partial charge >= 0.3 is 0 Å². The second-order valence-electron chi connectivity index (χ2n) is 3.37. The van der Waals surface area contributed by atoms with Crippen molar-refractivity contribution in [2.75, 3.05) is 6.54 Å². The van der Waals surface area contributed by atoms with Crippen LogP contribution in [0.15, 0.2) is 23.8 Å². The first-order valence-electron chi connectivity index (χ1n) is 5.18. The molecule has 7 nitrogen and oxygen atoms in total. The molecule has 0 aliphatic rings. The van der Waals surface area contributed by atoms with E-state index in [1.807, 2.05) is 0 Å². The predicted octanol–water partition coefficient (Wildman–Crippen LogP) is -0.0876. The van der Waals surface area contributed by atoms with Crippen molar-refractivity contribution >= 4 is 23.2 Å². The van der Waals surface area contributed by atoms with Crippen LogP contribution in [0.1, 0.15) is 15.5 Å². The number of nitrogens with zero attached hydrogens (tertiary/aromatic N) is 2. The third-order valence-electron chi connectivity index (χ3n) is 2.07. The molecule has 2 aromatic heterocycles. The van der Waals surface area contributed by atoms with Crippen molar-refractivity contribution in [1.82, 2.24) is 25.8 Å². The van der Waals surface area contributed by atoms with Gasteiger partial charge in [-0.05, 0) is 11.4 Å². The fourth-order valence-corrected chi connectivity index (χ4v) is 1.86. The minimum atomic E-state index is -0.281. The van der Waals surface area contributed by atoms with Gasteiger partial charge in [0.1, 0.15) is 12.2 Å². The molecule has 0 bridgehead atoms. The first-order chi connectivity index (χ1) is 8.75. The van der Waals surface area contributed by atoms with Gasteiger partial charge in [-0.15, -0.1) is 11.3 Å². The van der Waals surface area contributed by atoms with E-state index < -0.39 is 0 Å². The summed E-state index contributed by atoms with van der Waals surface area (Å²) in [4.78, 5) is 27.4. The predicted molar refractivity (Wildman–Crippen MR) is 64.9 cm³/mol. The molecule has 3 N–H and O–H groups in total. The molecular weight excluding hydrogens is 254 g/mol. The molecule has 0 unspecified atom stereocenters.